The average molecular weight is 462 g/mol. The van der Waals surface area contributed by atoms with Crippen molar-refractivity contribution in [2.24, 2.45) is 0 Å². The van der Waals surface area contributed by atoms with Gasteiger partial charge in [-0.1, -0.05) is 12.2 Å². The number of hydrogen-bond acceptors (Lipinski definition) is 6. The number of halogens is 2. The molecular weight excluding hydrogens is 427 g/mol. The van der Waals surface area contributed by atoms with Gasteiger partial charge < -0.3 is 26.6 Å². The van der Waals surface area contributed by atoms with Crippen LogP contribution < -0.4 is 0 Å². The van der Waals surface area contributed by atoms with Crippen molar-refractivity contribution < 1.29 is 26.6 Å². The Labute approximate surface area is 176 Å². The van der Waals surface area contributed by atoms with Crippen LogP contribution in [0.4, 0.5) is 0 Å². The van der Waals surface area contributed by atoms with E-state index < -0.39 is 17.6 Å². The molecule has 0 aliphatic rings. The van der Waals surface area contributed by atoms with Crippen molar-refractivity contribution >= 4 is 40.8 Å². The summed E-state index contributed by atoms with van der Waals surface area (Å²) in [6, 6.07) is 0. The van der Waals surface area contributed by atoms with E-state index >= 15 is 0 Å². The molecule has 0 aromatic carbocycles. The van der Waals surface area contributed by atoms with Gasteiger partial charge in [0.25, 0.3) is 0 Å². The molecule has 0 heterocycles. The van der Waals surface area contributed by atoms with Crippen LogP contribution in [0.3, 0.4) is 0 Å². The molecule has 0 saturated carbocycles. The third kappa shape index (κ3) is 11.8. The third-order valence-corrected chi connectivity index (χ3v) is 8.72. The first-order valence-electron chi connectivity index (χ1n) is 9.38. The molecular formula is C17H34Cl2O6Si2. The van der Waals surface area contributed by atoms with E-state index in [-0.39, 0.29) is 0 Å². The minimum Gasteiger partial charge on any atom is -0.371 e. The summed E-state index contributed by atoms with van der Waals surface area (Å²) >= 11 is 11.5. The molecule has 0 spiro atoms. The Kier molecular flexibility index (Phi) is 17.3. The molecule has 0 atom stereocenters. The molecule has 0 saturated heterocycles. The van der Waals surface area contributed by atoms with Gasteiger partial charge in [-0.3, -0.25) is 0 Å². The van der Waals surface area contributed by atoms with E-state index in [1.807, 2.05) is 39.1 Å². The van der Waals surface area contributed by atoms with Crippen molar-refractivity contribution in [2.75, 3.05) is 51.4 Å². The lowest BCUT2D eigenvalue weighted by molar-refractivity contribution is 0.0584. The number of hydrogen-bond donors (Lipinski definition) is 0. The molecule has 0 aromatic heterocycles. The maximum absolute atomic E-state index is 5.99. The van der Waals surface area contributed by atoms with Crippen LogP contribution in [0.25, 0.3) is 0 Å². The number of alkyl halides is 2. The van der Waals surface area contributed by atoms with Crippen molar-refractivity contribution in [1.29, 1.82) is 0 Å². The van der Waals surface area contributed by atoms with Crippen LogP contribution in [-0.2, 0) is 26.6 Å². The van der Waals surface area contributed by atoms with Gasteiger partial charge in [-0.2, -0.15) is 0 Å². The van der Waals surface area contributed by atoms with Crippen molar-refractivity contribution in [3.8, 4) is 0 Å². The van der Waals surface area contributed by atoms with Crippen molar-refractivity contribution in [3.05, 3.63) is 23.6 Å². The molecule has 0 rings (SSSR count). The summed E-state index contributed by atoms with van der Waals surface area (Å²) in [7, 11) is -5.73. The molecule has 0 N–H and O–H groups in total. The van der Waals surface area contributed by atoms with Crippen molar-refractivity contribution in [2.45, 2.75) is 34.1 Å². The molecule has 0 fully saturated rings. The lowest BCUT2D eigenvalue weighted by Crippen LogP contribution is -2.46. The zero-order valence-corrected chi connectivity index (χ0v) is 20.4. The quantitative estimate of drug-likeness (QED) is 0.174. The summed E-state index contributed by atoms with van der Waals surface area (Å²) in [5.41, 5.74) is 3.66. The molecule has 27 heavy (non-hydrogen) atoms. The summed E-state index contributed by atoms with van der Waals surface area (Å²) in [6.45, 7) is 10.5. The van der Waals surface area contributed by atoms with E-state index in [1.54, 1.807) is 12.2 Å². The first kappa shape index (κ1) is 27.3. The lowest BCUT2D eigenvalue weighted by Gasteiger charge is -2.27. The highest BCUT2D eigenvalue weighted by molar-refractivity contribution is 6.66. The van der Waals surface area contributed by atoms with Crippen LogP contribution in [-0.4, -0.2) is 69.0 Å². The Balaban J connectivity index is 4.74. The van der Waals surface area contributed by atoms with Gasteiger partial charge in [-0.05, 0) is 45.5 Å². The first-order valence-corrected chi connectivity index (χ1v) is 14.1. The molecule has 0 aromatic rings. The fourth-order valence-electron chi connectivity index (χ4n) is 2.21. The Morgan fingerprint density at radius 3 is 1.19 bits per heavy atom. The molecule has 10 heteroatoms. The van der Waals surface area contributed by atoms with Gasteiger partial charge >= 0.3 is 17.6 Å². The zero-order valence-electron chi connectivity index (χ0n) is 16.9. The second-order valence-electron chi connectivity index (χ2n) is 5.10. The molecule has 0 aliphatic heterocycles. The van der Waals surface area contributed by atoms with Crippen LogP contribution in [0, 0.1) is 0 Å². The van der Waals surface area contributed by atoms with Gasteiger partial charge in [-0.25, -0.2) is 0 Å². The normalized spacial score (nSPS) is 13.3. The Hall–Kier alpha value is 0.254. The largest absolute Gasteiger partial charge is 0.529 e. The van der Waals surface area contributed by atoms with E-state index in [2.05, 4.69) is 0 Å². The zero-order chi connectivity index (χ0) is 20.4. The highest BCUT2D eigenvalue weighted by Crippen LogP contribution is 2.15. The monoisotopic (exact) mass is 460 g/mol. The van der Waals surface area contributed by atoms with Crippen molar-refractivity contribution in [3.63, 3.8) is 0 Å². The van der Waals surface area contributed by atoms with Crippen LogP contribution in [0.15, 0.2) is 23.6 Å². The van der Waals surface area contributed by atoms with Crippen LogP contribution in [0.1, 0.15) is 34.1 Å². The minimum absolute atomic E-state index is 0.380. The van der Waals surface area contributed by atoms with Gasteiger partial charge in [0, 0.05) is 51.4 Å². The van der Waals surface area contributed by atoms with Crippen LogP contribution in [0.2, 0.25) is 0 Å². The van der Waals surface area contributed by atoms with Crippen LogP contribution >= 0.6 is 23.2 Å². The van der Waals surface area contributed by atoms with Gasteiger partial charge in [0.15, 0.2) is 0 Å². The second kappa shape index (κ2) is 17.1. The van der Waals surface area contributed by atoms with Gasteiger partial charge in [-0.15, -0.1) is 23.2 Å². The summed E-state index contributed by atoms with van der Waals surface area (Å²) in [4.78, 5) is 0. The fraction of sp³-hybridized carbons (Fsp3) is 0.765. The van der Waals surface area contributed by atoms with E-state index in [4.69, 9.17) is 49.8 Å². The highest BCUT2D eigenvalue weighted by atomic mass is 35.5. The predicted octanol–water partition coefficient (Wildman–Crippen LogP) is 4.10. The topological polar surface area (TPSA) is 55.4 Å². The summed E-state index contributed by atoms with van der Waals surface area (Å²) in [5, 5.41) is 0. The molecule has 0 unspecified atom stereocenters. The van der Waals surface area contributed by atoms with Crippen LogP contribution in [0.5, 0.6) is 0 Å². The third-order valence-electron chi connectivity index (χ3n) is 3.10. The van der Waals surface area contributed by atoms with E-state index in [1.165, 1.54) is 0 Å². The molecule has 0 bridgehead atoms. The van der Waals surface area contributed by atoms with Gasteiger partial charge in [0.2, 0.25) is 0 Å². The second-order valence-corrected chi connectivity index (χ2v) is 10.5. The lowest BCUT2D eigenvalue weighted by atomic mass is 10.5. The smallest absolute Gasteiger partial charge is 0.371 e. The Morgan fingerprint density at radius 2 is 0.926 bits per heavy atom. The molecule has 6 nitrogen and oxygen atoms in total. The highest BCUT2D eigenvalue weighted by Gasteiger charge is 2.39. The van der Waals surface area contributed by atoms with Gasteiger partial charge in [0.05, 0.1) is 0 Å². The average Bonchev–Trinajstić information content (AvgIpc) is 2.65. The molecule has 0 radical (unpaired) electrons. The number of allylic oxidation sites excluding steroid dienone is 2. The summed E-state index contributed by atoms with van der Waals surface area (Å²) in [6.07, 6.45) is 4.25. The van der Waals surface area contributed by atoms with E-state index in [9.17, 15) is 0 Å². The fourth-order valence-corrected chi connectivity index (χ4v) is 7.04. The summed E-state index contributed by atoms with van der Waals surface area (Å²) in [5.74, 6) is 0.760. The predicted molar refractivity (Wildman–Crippen MR) is 114 cm³/mol. The maximum Gasteiger partial charge on any atom is 0.529 e. The molecule has 0 aliphatic carbocycles. The Bertz CT molecular complexity index is 365. The molecule has 160 valence electrons. The molecule has 0 amide bonds. The van der Waals surface area contributed by atoms with Crippen molar-refractivity contribution in [1.82, 2.24) is 0 Å². The van der Waals surface area contributed by atoms with E-state index in [0.29, 0.717) is 57.8 Å². The summed E-state index contributed by atoms with van der Waals surface area (Å²) < 4.78 is 35.2. The Morgan fingerprint density at radius 1 is 0.593 bits per heavy atom. The van der Waals surface area contributed by atoms with Gasteiger partial charge in [0.1, 0.15) is 0 Å². The SMILES string of the molecule is CCO[Si](C=CCCl)(OCC)OCCCO[Si](C=CCCl)(OCC)OCC. The standard InChI is InChI=1S/C17H34Cl2O6Si2/c1-5-20-26(21-6-2,16-9-12-18)24-14-11-15-25-27(22-7-3,23-8-4)17-10-13-19/h9-10,16-17H,5-8,11-15H2,1-4H3. The number of rotatable bonds is 18. The minimum atomic E-state index is -2.87. The first-order chi connectivity index (χ1) is 13.1. The maximum atomic E-state index is 5.99. The van der Waals surface area contributed by atoms with E-state index in [0.717, 1.165) is 0 Å².